The third-order valence-electron chi connectivity index (χ3n) is 5.26. The molecule has 30 heavy (non-hydrogen) atoms. The minimum absolute atomic E-state index is 0.0356. The first kappa shape index (κ1) is 23.3. The highest BCUT2D eigenvalue weighted by Gasteiger charge is 2.40. The molecule has 1 heterocycles. The summed E-state index contributed by atoms with van der Waals surface area (Å²) in [5.41, 5.74) is 3.39. The van der Waals surface area contributed by atoms with E-state index in [1.807, 2.05) is 12.1 Å². The molecule has 1 saturated carbocycles. The Bertz CT molecular complexity index is 781. The van der Waals surface area contributed by atoms with E-state index in [1.165, 1.54) is 34.7 Å². The van der Waals surface area contributed by atoms with E-state index in [2.05, 4.69) is 6.07 Å². The number of Topliss-reactive ketones (excluding diaryl/α,β-unsaturated/α-hetero) is 1. The van der Waals surface area contributed by atoms with E-state index in [0.29, 0.717) is 19.6 Å². The topological polar surface area (TPSA) is 104 Å². The summed E-state index contributed by atoms with van der Waals surface area (Å²) in [5.74, 6) is 0.462. The van der Waals surface area contributed by atoms with Crippen LogP contribution in [0.3, 0.4) is 0 Å². The maximum atomic E-state index is 12.3. The summed E-state index contributed by atoms with van der Waals surface area (Å²) in [6.45, 7) is 1.25. The molecule has 3 N–H and O–H groups in total. The van der Waals surface area contributed by atoms with Crippen LogP contribution in [0.25, 0.3) is 0 Å². The zero-order valence-electron chi connectivity index (χ0n) is 16.7. The maximum Gasteiger partial charge on any atom is 0.313 e. The number of carboxylic acid groups (broad SMARTS) is 1. The Morgan fingerprint density at radius 3 is 2.87 bits per heavy atom. The van der Waals surface area contributed by atoms with Gasteiger partial charge < -0.3 is 20.1 Å². The van der Waals surface area contributed by atoms with Gasteiger partial charge >= 0.3 is 5.97 Å². The fourth-order valence-electron chi connectivity index (χ4n) is 3.76. The molecule has 1 aromatic carbocycles. The third kappa shape index (κ3) is 6.59. The molecule has 1 aromatic rings. The summed E-state index contributed by atoms with van der Waals surface area (Å²) in [4.78, 5) is 22.8. The van der Waals surface area contributed by atoms with Crippen LogP contribution in [0.2, 0.25) is 0 Å². The number of ketones is 1. The third-order valence-corrected chi connectivity index (χ3v) is 7.75. The fourth-order valence-corrected chi connectivity index (χ4v) is 5.95. The van der Waals surface area contributed by atoms with Crippen LogP contribution in [0.15, 0.2) is 30.4 Å². The summed E-state index contributed by atoms with van der Waals surface area (Å²) in [5, 5.41) is 29.0. The average Bonchev–Trinajstić information content (AvgIpc) is 3.26. The fraction of sp³-hybridized carbons (Fsp3) is 0.545. The number of aliphatic hydroxyl groups excluding tert-OH is 2. The van der Waals surface area contributed by atoms with Gasteiger partial charge in [0.15, 0.2) is 0 Å². The van der Waals surface area contributed by atoms with Gasteiger partial charge in [-0.3, -0.25) is 9.59 Å². The van der Waals surface area contributed by atoms with Gasteiger partial charge in [-0.05, 0) is 34.6 Å². The summed E-state index contributed by atoms with van der Waals surface area (Å²) in [7, 11) is 0. The minimum atomic E-state index is -0.821. The Morgan fingerprint density at radius 2 is 2.07 bits per heavy atom. The van der Waals surface area contributed by atoms with Gasteiger partial charge in [0, 0.05) is 18.8 Å². The van der Waals surface area contributed by atoms with Crippen molar-refractivity contribution in [1.82, 2.24) is 0 Å². The van der Waals surface area contributed by atoms with E-state index in [-0.39, 0.29) is 29.1 Å². The van der Waals surface area contributed by atoms with Crippen molar-refractivity contribution in [3.63, 3.8) is 0 Å². The molecular weight excluding hydrogens is 424 g/mol. The van der Waals surface area contributed by atoms with Crippen LogP contribution in [0, 0.1) is 5.92 Å². The molecule has 0 bridgehead atoms. The number of thioether (sulfide) groups is 2. The van der Waals surface area contributed by atoms with Crippen molar-refractivity contribution in [3.8, 4) is 0 Å². The summed E-state index contributed by atoms with van der Waals surface area (Å²) < 4.78 is 5.42. The number of rotatable bonds is 11. The number of aliphatic carboxylic acids is 1. The molecule has 1 aliphatic carbocycles. The number of ether oxygens (including phenoxy) is 1. The van der Waals surface area contributed by atoms with Gasteiger partial charge in [-0.25, -0.2) is 0 Å². The number of carbonyl (C=O) groups excluding carboxylic acids is 1. The van der Waals surface area contributed by atoms with E-state index >= 15 is 0 Å². The van der Waals surface area contributed by atoms with Crippen molar-refractivity contribution in [2.45, 2.75) is 49.9 Å². The lowest BCUT2D eigenvalue weighted by Gasteiger charge is -2.17. The number of carboxylic acids is 1. The molecule has 4 atom stereocenters. The molecule has 6 nitrogen and oxygen atoms in total. The van der Waals surface area contributed by atoms with Crippen LogP contribution in [-0.2, 0) is 34.0 Å². The Hall–Kier alpha value is -1.32. The largest absolute Gasteiger partial charge is 0.481 e. The van der Waals surface area contributed by atoms with Crippen LogP contribution in [-0.4, -0.2) is 61.8 Å². The summed E-state index contributed by atoms with van der Waals surface area (Å²) >= 11 is 2.88. The van der Waals surface area contributed by atoms with E-state index in [0.717, 1.165) is 23.5 Å². The molecule has 0 saturated heterocycles. The number of carbonyl (C=O) groups is 2. The molecule has 1 aliphatic heterocycles. The monoisotopic (exact) mass is 452 g/mol. The Kier molecular flexibility index (Phi) is 8.83. The van der Waals surface area contributed by atoms with Crippen LogP contribution in [0.4, 0.5) is 0 Å². The molecule has 0 spiro atoms. The van der Waals surface area contributed by atoms with Crippen molar-refractivity contribution in [2.24, 2.45) is 5.92 Å². The molecule has 164 valence electrons. The van der Waals surface area contributed by atoms with Gasteiger partial charge in [0.1, 0.15) is 5.78 Å². The van der Waals surface area contributed by atoms with Gasteiger partial charge in [0.05, 0.1) is 36.4 Å². The molecule has 3 rings (SSSR count). The first-order chi connectivity index (χ1) is 14.4. The first-order valence-electron chi connectivity index (χ1n) is 10.1. The van der Waals surface area contributed by atoms with Crippen molar-refractivity contribution < 1.29 is 29.6 Å². The Balaban J connectivity index is 1.49. The van der Waals surface area contributed by atoms with E-state index in [9.17, 15) is 19.8 Å². The predicted molar refractivity (Wildman–Crippen MR) is 119 cm³/mol. The minimum Gasteiger partial charge on any atom is -0.481 e. The molecule has 0 radical (unpaired) electrons. The SMILES string of the molecule is O=C(O)CSCCCSC1C(=O)C[C@@H](O)C1/C=C/[C@H](O)Cc1ccc2c(c1)COC2. The number of benzene rings is 1. The molecule has 2 aliphatic rings. The van der Waals surface area contributed by atoms with Crippen molar-refractivity contribution in [1.29, 1.82) is 0 Å². The number of fused-ring (bicyclic) bond motifs is 1. The Labute approximate surface area is 185 Å². The van der Waals surface area contributed by atoms with Gasteiger partial charge in [-0.15, -0.1) is 11.8 Å². The number of aliphatic hydroxyl groups is 2. The summed E-state index contributed by atoms with van der Waals surface area (Å²) in [6.07, 6.45) is 3.48. The first-order valence-corrected chi connectivity index (χ1v) is 12.3. The van der Waals surface area contributed by atoms with Crippen LogP contribution >= 0.6 is 23.5 Å². The van der Waals surface area contributed by atoms with Crippen LogP contribution < -0.4 is 0 Å². The molecular formula is C22H28O6S2. The van der Waals surface area contributed by atoms with Crippen LogP contribution in [0.5, 0.6) is 0 Å². The quantitative estimate of drug-likeness (QED) is 0.347. The van der Waals surface area contributed by atoms with Crippen molar-refractivity contribution in [2.75, 3.05) is 17.3 Å². The smallest absolute Gasteiger partial charge is 0.313 e. The van der Waals surface area contributed by atoms with E-state index < -0.39 is 18.2 Å². The standard InChI is InChI=1S/C22H28O6S2/c23-17(9-14-2-3-15-11-28-12-16(15)8-14)4-5-18-19(24)10-20(25)22(18)30-7-1-6-29-13-21(26)27/h2-5,8,17-19,22-24H,1,6-7,9-13H2,(H,26,27)/b5-4+/t17-,18?,19+,22?/m0/s1. The highest BCUT2D eigenvalue weighted by atomic mass is 32.2. The zero-order chi connectivity index (χ0) is 21.5. The Morgan fingerprint density at radius 1 is 1.27 bits per heavy atom. The molecule has 1 fully saturated rings. The normalized spacial score (nSPS) is 24.5. The maximum absolute atomic E-state index is 12.3. The van der Waals surface area contributed by atoms with Gasteiger partial charge in [0.2, 0.25) is 0 Å². The average molecular weight is 453 g/mol. The molecule has 2 unspecified atom stereocenters. The van der Waals surface area contributed by atoms with Crippen molar-refractivity contribution >= 4 is 35.3 Å². The second-order valence-corrected chi connectivity index (χ2v) is 10.0. The second-order valence-electron chi connectivity index (χ2n) is 7.66. The lowest BCUT2D eigenvalue weighted by Crippen LogP contribution is -2.22. The molecule has 0 aromatic heterocycles. The lowest BCUT2D eigenvalue weighted by atomic mass is 10.00. The highest BCUT2D eigenvalue weighted by molar-refractivity contribution is 8.01. The zero-order valence-corrected chi connectivity index (χ0v) is 18.4. The number of hydrogen-bond donors (Lipinski definition) is 3. The van der Waals surface area contributed by atoms with E-state index in [4.69, 9.17) is 9.84 Å². The molecule has 8 heteroatoms. The second kappa shape index (κ2) is 11.3. The lowest BCUT2D eigenvalue weighted by molar-refractivity contribution is -0.133. The highest BCUT2D eigenvalue weighted by Crippen LogP contribution is 2.34. The van der Waals surface area contributed by atoms with Gasteiger partial charge in [-0.2, -0.15) is 11.8 Å². The van der Waals surface area contributed by atoms with Crippen LogP contribution in [0.1, 0.15) is 29.5 Å². The van der Waals surface area contributed by atoms with Gasteiger partial charge in [-0.1, -0.05) is 30.4 Å². The van der Waals surface area contributed by atoms with Crippen molar-refractivity contribution in [3.05, 3.63) is 47.0 Å². The predicted octanol–water partition coefficient (Wildman–Crippen LogP) is 2.44. The summed E-state index contributed by atoms with van der Waals surface area (Å²) in [6, 6.07) is 6.10. The molecule has 0 amide bonds. The van der Waals surface area contributed by atoms with E-state index in [1.54, 1.807) is 12.2 Å². The number of hydrogen-bond acceptors (Lipinski definition) is 7. The van der Waals surface area contributed by atoms with Gasteiger partial charge in [0.25, 0.3) is 0 Å².